The van der Waals surface area contributed by atoms with Crippen LogP contribution in [0.15, 0.2) is 218 Å². The summed E-state index contributed by atoms with van der Waals surface area (Å²) in [7, 11) is 0. The zero-order valence-corrected chi connectivity index (χ0v) is 33.6. The van der Waals surface area contributed by atoms with E-state index in [1.165, 1.54) is 32.9 Å². The SMILES string of the molecule is C1=CC(n2c3ccccc3c3c(-c4ccccc4)cccc32)C2Oc3cccc(-c4nc(-c5ccc(-c6ccccc6)cc5)nc(-c5ccc(-c6ccccc6)cc5)n4)c3C2=C1. The van der Waals surface area contributed by atoms with Gasteiger partial charge in [-0.25, -0.2) is 15.0 Å². The van der Waals surface area contributed by atoms with Gasteiger partial charge in [0, 0.05) is 44.1 Å². The van der Waals surface area contributed by atoms with Crippen molar-refractivity contribution < 1.29 is 4.74 Å². The summed E-state index contributed by atoms with van der Waals surface area (Å²) >= 11 is 0. The molecule has 0 saturated carbocycles. The second-order valence-electron chi connectivity index (χ2n) is 15.9. The molecule has 2 atom stereocenters. The Kier molecular flexibility index (Phi) is 8.56. The van der Waals surface area contributed by atoms with E-state index in [0.29, 0.717) is 17.5 Å². The Morgan fingerprint density at radius 2 is 0.903 bits per heavy atom. The first kappa shape index (κ1) is 35.8. The van der Waals surface area contributed by atoms with Crippen LogP contribution >= 0.6 is 0 Å². The lowest BCUT2D eigenvalue weighted by Gasteiger charge is -2.27. The van der Waals surface area contributed by atoms with E-state index in [0.717, 1.165) is 55.8 Å². The third kappa shape index (κ3) is 6.05. The van der Waals surface area contributed by atoms with Crippen molar-refractivity contribution >= 4 is 27.4 Å². The van der Waals surface area contributed by atoms with Gasteiger partial charge < -0.3 is 9.30 Å². The fraction of sp³-hybridized carbons (Fsp3) is 0.0351. The predicted molar refractivity (Wildman–Crippen MR) is 252 cm³/mol. The van der Waals surface area contributed by atoms with Crippen molar-refractivity contribution in [1.29, 1.82) is 0 Å². The summed E-state index contributed by atoms with van der Waals surface area (Å²) in [6.45, 7) is 0. The lowest BCUT2D eigenvalue weighted by Crippen LogP contribution is -2.27. The summed E-state index contributed by atoms with van der Waals surface area (Å²) in [6.07, 6.45) is 6.39. The number of aromatic nitrogens is 4. The number of para-hydroxylation sites is 1. The Morgan fingerprint density at radius 1 is 0.403 bits per heavy atom. The molecule has 2 aromatic heterocycles. The molecule has 0 radical (unpaired) electrons. The van der Waals surface area contributed by atoms with E-state index < -0.39 is 0 Å². The van der Waals surface area contributed by atoms with Crippen molar-refractivity contribution in [1.82, 2.24) is 19.5 Å². The van der Waals surface area contributed by atoms with E-state index in [4.69, 9.17) is 19.7 Å². The molecule has 1 aliphatic heterocycles. The van der Waals surface area contributed by atoms with Crippen LogP contribution in [0.1, 0.15) is 11.6 Å². The van der Waals surface area contributed by atoms with Gasteiger partial charge in [0.2, 0.25) is 0 Å². The van der Waals surface area contributed by atoms with E-state index in [2.05, 4.69) is 205 Å². The van der Waals surface area contributed by atoms with Crippen molar-refractivity contribution in [3.63, 3.8) is 0 Å². The lowest BCUT2D eigenvalue weighted by atomic mass is 9.90. The van der Waals surface area contributed by atoms with Crippen LogP contribution in [0.2, 0.25) is 0 Å². The van der Waals surface area contributed by atoms with E-state index in [1.807, 2.05) is 18.2 Å². The second-order valence-corrected chi connectivity index (χ2v) is 15.9. The highest BCUT2D eigenvalue weighted by Gasteiger charge is 2.39. The zero-order valence-electron chi connectivity index (χ0n) is 33.6. The maximum Gasteiger partial charge on any atom is 0.164 e. The molecule has 3 heterocycles. The molecule has 0 fully saturated rings. The van der Waals surface area contributed by atoms with Crippen LogP contribution in [0.4, 0.5) is 0 Å². The highest BCUT2D eigenvalue weighted by Crippen LogP contribution is 2.50. The first-order valence-corrected chi connectivity index (χ1v) is 21.1. The number of allylic oxidation sites excluding steroid dienone is 2. The summed E-state index contributed by atoms with van der Waals surface area (Å²) < 4.78 is 9.52. The highest BCUT2D eigenvalue weighted by molar-refractivity contribution is 6.15. The van der Waals surface area contributed by atoms with E-state index in [1.54, 1.807) is 0 Å². The van der Waals surface area contributed by atoms with Crippen molar-refractivity contribution in [3.8, 4) is 73.3 Å². The standard InChI is InChI=1S/C57H38N4O/c1-4-15-37(16-5-1)39-29-33-42(34-30-39)55-58-56(43-35-31-40(32-36-43)38-17-6-2-7-18-38)60-57(59-55)47-24-14-28-51-53(47)46-23-13-27-50(54(46)62-51)61-48-25-11-10-21-45(48)52-44(22-12-26-49(52)61)41-19-8-3-9-20-41/h1-36,50,54H. The number of ether oxygens (including phenoxy) is 1. The molecular formula is C57H38N4O. The lowest BCUT2D eigenvalue weighted by molar-refractivity contribution is 0.232. The molecule has 0 saturated heterocycles. The minimum Gasteiger partial charge on any atom is -0.483 e. The summed E-state index contributed by atoms with van der Waals surface area (Å²) in [5, 5.41) is 2.47. The van der Waals surface area contributed by atoms with Gasteiger partial charge in [-0.1, -0.05) is 200 Å². The molecule has 62 heavy (non-hydrogen) atoms. The van der Waals surface area contributed by atoms with Crippen LogP contribution in [-0.4, -0.2) is 25.6 Å². The normalized spacial score (nSPS) is 15.3. The number of nitrogens with zero attached hydrogens (tertiary/aromatic N) is 4. The van der Waals surface area contributed by atoms with Crippen LogP contribution in [-0.2, 0) is 0 Å². The predicted octanol–water partition coefficient (Wildman–Crippen LogP) is 13.9. The second kappa shape index (κ2) is 14.8. The van der Waals surface area contributed by atoms with Crippen LogP contribution in [0, 0.1) is 0 Å². The average Bonchev–Trinajstić information content (AvgIpc) is 3.91. The number of hydrogen-bond acceptors (Lipinski definition) is 4. The molecule has 2 unspecified atom stereocenters. The molecule has 0 bridgehead atoms. The van der Waals surface area contributed by atoms with Gasteiger partial charge in [0.25, 0.3) is 0 Å². The number of hydrogen-bond donors (Lipinski definition) is 0. The van der Waals surface area contributed by atoms with Crippen molar-refractivity contribution in [2.24, 2.45) is 0 Å². The van der Waals surface area contributed by atoms with Gasteiger partial charge in [0.1, 0.15) is 11.9 Å². The van der Waals surface area contributed by atoms with Gasteiger partial charge in [0.05, 0.1) is 11.6 Å². The molecule has 1 aliphatic carbocycles. The minimum atomic E-state index is -0.271. The first-order valence-electron chi connectivity index (χ1n) is 21.1. The van der Waals surface area contributed by atoms with Gasteiger partial charge in [-0.05, 0) is 51.6 Å². The number of fused-ring (bicyclic) bond motifs is 6. The molecular weight excluding hydrogens is 757 g/mol. The number of benzene rings is 8. The Labute approximate surface area is 359 Å². The quantitative estimate of drug-likeness (QED) is 0.161. The van der Waals surface area contributed by atoms with Gasteiger partial charge in [-0.3, -0.25) is 0 Å². The van der Waals surface area contributed by atoms with E-state index >= 15 is 0 Å². The molecule has 292 valence electrons. The topological polar surface area (TPSA) is 52.8 Å². The molecule has 0 N–H and O–H groups in total. The summed E-state index contributed by atoms with van der Waals surface area (Å²) in [5.74, 6) is 2.64. The van der Waals surface area contributed by atoms with Gasteiger partial charge in [0.15, 0.2) is 17.5 Å². The van der Waals surface area contributed by atoms with Crippen molar-refractivity contribution in [2.45, 2.75) is 12.1 Å². The minimum absolute atomic E-state index is 0.112. The molecule has 8 aromatic carbocycles. The number of rotatable bonds is 7. The molecule has 10 aromatic rings. The smallest absolute Gasteiger partial charge is 0.164 e. The van der Waals surface area contributed by atoms with Crippen LogP contribution in [0.25, 0.3) is 94.9 Å². The average molecular weight is 795 g/mol. The Bertz CT molecular complexity index is 3250. The summed E-state index contributed by atoms with van der Waals surface area (Å²) in [4.78, 5) is 15.6. The maximum absolute atomic E-state index is 7.05. The monoisotopic (exact) mass is 794 g/mol. The Morgan fingerprint density at radius 3 is 1.55 bits per heavy atom. The largest absolute Gasteiger partial charge is 0.483 e. The van der Waals surface area contributed by atoms with Crippen LogP contribution in [0.3, 0.4) is 0 Å². The van der Waals surface area contributed by atoms with Crippen LogP contribution in [0.5, 0.6) is 5.75 Å². The van der Waals surface area contributed by atoms with Crippen molar-refractivity contribution in [2.75, 3.05) is 0 Å². The van der Waals surface area contributed by atoms with Crippen molar-refractivity contribution in [3.05, 3.63) is 224 Å². The third-order valence-electron chi connectivity index (χ3n) is 12.3. The Hall–Kier alpha value is -8.15. The maximum atomic E-state index is 7.05. The molecule has 12 rings (SSSR count). The van der Waals surface area contributed by atoms with Gasteiger partial charge in [-0.2, -0.15) is 0 Å². The zero-order chi connectivity index (χ0) is 41.0. The molecule has 5 heteroatoms. The van der Waals surface area contributed by atoms with Gasteiger partial charge in [-0.15, -0.1) is 0 Å². The molecule has 0 amide bonds. The van der Waals surface area contributed by atoms with Gasteiger partial charge >= 0.3 is 0 Å². The van der Waals surface area contributed by atoms with E-state index in [9.17, 15) is 0 Å². The van der Waals surface area contributed by atoms with Crippen LogP contribution < -0.4 is 4.74 Å². The molecule has 5 nitrogen and oxygen atoms in total. The highest BCUT2D eigenvalue weighted by atomic mass is 16.5. The third-order valence-corrected chi connectivity index (χ3v) is 12.3. The summed E-state index contributed by atoms with van der Waals surface area (Å²) in [5.41, 5.74) is 14.2. The summed E-state index contributed by atoms with van der Waals surface area (Å²) in [6, 6.07) is 70.0. The Balaban J connectivity index is 0.975. The molecule has 2 aliphatic rings. The fourth-order valence-electron chi connectivity index (χ4n) is 9.35. The first-order chi connectivity index (χ1) is 30.7. The molecule has 0 spiro atoms. The van der Waals surface area contributed by atoms with E-state index in [-0.39, 0.29) is 12.1 Å². The fourth-order valence-corrected chi connectivity index (χ4v) is 9.35.